The largest absolute Gasteiger partial charge is 0.277 e. The summed E-state index contributed by atoms with van der Waals surface area (Å²) in [5, 5.41) is 0. The molecule has 3 heteroatoms. The number of aliphatic imine (C=N–C) groups is 1. The van der Waals surface area contributed by atoms with Gasteiger partial charge in [0.15, 0.2) is 5.67 Å². The SMILES string of the molecule is O=C(/N=C1/c2ccccc2CC1(F)c1ccccc1)c1ccccc1. The van der Waals surface area contributed by atoms with E-state index in [1.54, 1.807) is 48.5 Å². The van der Waals surface area contributed by atoms with Crippen LogP contribution in [0.5, 0.6) is 0 Å². The number of hydrogen-bond donors (Lipinski definition) is 0. The smallest absolute Gasteiger partial charge is 0.267 e. The molecule has 1 amide bonds. The van der Waals surface area contributed by atoms with Gasteiger partial charge in [-0.25, -0.2) is 9.38 Å². The Morgan fingerprint density at radius 2 is 1.44 bits per heavy atom. The summed E-state index contributed by atoms with van der Waals surface area (Å²) in [7, 11) is 0. The van der Waals surface area contributed by atoms with Crippen molar-refractivity contribution < 1.29 is 9.18 Å². The van der Waals surface area contributed by atoms with E-state index in [1.807, 2.05) is 36.4 Å². The first kappa shape index (κ1) is 15.5. The monoisotopic (exact) mass is 329 g/mol. The highest BCUT2D eigenvalue weighted by atomic mass is 19.1. The van der Waals surface area contributed by atoms with Gasteiger partial charge >= 0.3 is 0 Å². The average Bonchev–Trinajstić information content (AvgIpc) is 2.96. The number of carbonyl (C=O) groups is 1. The Morgan fingerprint density at radius 3 is 2.16 bits per heavy atom. The van der Waals surface area contributed by atoms with E-state index in [1.165, 1.54) is 0 Å². The van der Waals surface area contributed by atoms with Gasteiger partial charge < -0.3 is 0 Å². The molecule has 4 rings (SSSR count). The molecule has 1 aliphatic carbocycles. The quantitative estimate of drug-likeness (QED) is 0.668. The van der Waals surface area contributed by atoms with E-state index in [4.69, 9.17) is 0 Å². The van der Waals surface area contributed by atoms with Gasteiger partial charge in [0.1, 0.15) is 0 Å². The highest BCUT2D eigenvalue weighted by molar-refractivity contribution is 6.17. The maximum atomic E-state index is 16.1. The second-order valence-electron chi connectivity index (χ2n) is 6.13. The van der Waals surface area contributed by atoms with Gasteiger partial charge in [-0.15, -0.1) is 0 Å². The van der Waals surface area contributed by atoms with Crippen LogP contribution in [0.25, 0.3) is 0 Å². The van der Waals surface area contributed by atoms with E-state index in [0.717, 1.165) is 5.56 Å². The molecule has 25 heavy (non-hydrogen) atoms. The number of carbonyl (C=O) groups excluding carboxylic acids is 1. The van der Waals surface area contributed by atoms with Crippen molar-refractivity contribution in [2.24, 2.45) is 4.99 Å². The van der Waals surface area contributed by atoms with Crippen molar-refractivity contribution in [1.29, 1.82) is 0 Å². The maximum absolute atomic E-state index is 16.1. The molecule has 2 nitrogen and oxygen atoms in total. The second kappa shape index (κ2) is 6.10. The zero-order valence-electron chi connectivity index (χ0n) is 13.5. The Kier molecular flexibility index (Phi) is 3.77. The molecule has 0 aromatic heterocycles. The first-order valence-corrected chi connectivity index (χ1v) is 8.20. The molecule has 0 saturated carbocycles. The molecule has 1 atom stereocenters. The van der Waals surface area contributed by atoms with Gasteiger partial charge in [0.25, 0.3) is 5.91 Å². The van der Waals surface area contributed by atoms with Crippen molar-refractivity contribution in [3.63, 3.8) is 0 Å². The van der Waals surface area contributed by atoms with Crippen LogP contribution in [0.3, 0.4) is 0 Å². The van der Waals surface area contributed by atoms with Gasteiger partial charge in [0.05, 0.1) is 5.71 Å². The third-order valence-corrected chi connectivity index (χ3v) is 4.55. The lowest BCUT2D eigenvalue weighted by Crippen LogP contribution is -2.29. The van der Waals surface area contributed by atoms with E-state index >= 15 is 4.39 Å². The Labute approximate surface area is 145 Å². The fourth-order valence-electron chi connectivity index (χ4n) is 3.30. The molecule has 0 aliphatic heterocycles. The van der Waals surface area contributed by atoms with Crippen LogP contribution in [0.4, 0.5) is 4.39 Å². The highest BCUT2D eigenvalue weighted by Crippen LogP contribution is 2.41. The molecule has 0 bridgehead atoms. The van der Waals surface area contributed by atoms with E-state index in [2.05, 4.69) is 4.99 Å². The third-order valence-electron chi connectivity index (χ3n) is 4.55. The van der Waals surface area contributed by atoms with Gasteiger partial charge in [-0.2, -0.15) is 0 Å². The lowest BCUT2D eigenvalue weighted by molar-refractivity contribution is 0.100. The fourth-order valence-corrected chi connectivity index (χ4v) is 3.30. The van der Waals surface area contributed by atoms with Crippen LogP contribution in [0.15, 0.2) is 89.9 Å². The van der Waals surface area contributed by atoms with E-state index in [-0.39, 0.29) is 12.1 Å². The first-order chi connectivity index (χ1) is 12.2. The average molecular weight is 329 g/mol. The molecule has 0 fully saturated rings. The number of rotatable bonds is 2. The van der Waals surface area contributed by atoms with Crippen molar-refractivity contribution in [3.8, 4) is 0 Å². The number of nitrogens with zero attached hydrogens (tertiary/aromatic N) is 1. The number of fused-ring (bicyclic) bond motifs is 1. The number of benzene rings is 3. The van der Waals surface area contributed by atoms with Gasteiger partial charge in [-0.05, 0) is 23.3 Å². The minimum absolute atomic E-state index is 0.189. The summed E-state index contributed by atoms with van der Waals surface area (Å²) in [5.41, 5.74) is 0.949. The third kappa shape index (κ3) is 2.68. The fraction of sp³-hybridized carbons (Fsp3) is 0.0909. The summed E-state index contributed by atoms with van der Waals surface area (Å²) in [6, 6.07) is 25.1. The molecule has 122 valence electrons. The first-order valence-electron chi connectivity index (χ1n) is 8.20. The lowest BCUT2D eigenvalue weighted by atomic mass is 9.91. The van der Waals surface area contributed by atoms with Crippen molar-refractivity contribution in [2.45, 2.75) is 12.1 Å². The van der Waals surface area contributed by atoms with Crippen LogP contribution in [0, 0.1) is 0 Å². The van der Waals surface area contributed by atoms with E-state index in [0.29, 0.717) is 16.7 Å². The number of amides is 1. The normalized spacial score (nSPS) is 20.4. The van der Waals surface area contributed by atoms with Crippen molar-refractivity contribution in [3.05, 3.63) is 107 Å². The maximum Gasteiger partial charge on any atom is 0.277 e. The molecular formula is C22H16FNO. The number of hydrogen-bond acceptors (Lipinski definition) is 1. The van der Waals surface area contributed by atoms with Crippen LogP contribution in [0.2, 0.25) is 0 Å². The topological polar surface area (TPSA) is 29.4 Å². The molecule has 0 spiro atoms. The zero-order chi connectivity index (χ0) is 17.3. The highest BCUT2D eigenvalue weighted by Gasteiger charge is 2.45. The lowest BCUT2D eigenvalue weighted by Gasteiger charge is -2.21. The Bertz CT molecular complexity index is 950. The second-order valence-corrected chi connectivity index (χ2v) is 6.13. The molecule has 3 aromatic carbocycles. The minimum atomic E-state index is -1.80. The van der Waals surface area contributed by atoms with Gasteiger partial charge in [-0.1, -0.05) is 72.8 Å². The van der Waals surface area contributed by atoms with Crippen LogP contribution >= 0.6 is 0 Å². The summed E-state index contributed by atoms with van der Waals surface area (Å²) in [6.45, 7) is 0. The van der Waals surface area contributed by atoms with Crippen LogP contribution in [0.1, 0.15) is 27.0 Å². The summed E-state index contributed by atoms with van der Waals surface area (Å²) < 4.78 is 16.1. The molecule has 0 heterocycles. The zero-order valence-corrected chi connectivity index (χ0v) is 13.5. The molecule has 3 aromatic rings. The minimum Gasteiger partial charge on any atom is -0.267 e. The van der Waals surface area contributed by atoms with Crippen LogP contribution in [-0.4, -0.2) is 11.6 Å². The summed E-state index contributed by atoms with van der Waals surface area (Å²) >= 11 is 0. The molecule has 1 unspecified atom stereocenters. The van der Waals surface area contributed by atoms with Gasteiger partial charge in [0.2, 0.25) is 0 Å². The number of alkyl halides is 1. The van der Waals surface area contributed by atoms with E-state index in [9.17, 15) is 4.79 Å². The number of halogens is 1. The van der Waals surface area contributed by atoms with Gasteiger partial charge in [-0.3, -0.25) is 4.79 Å². The molecule has 0 saturated heterocycles. The molecule has 1 aliphatic rings. The Hall–Kier alpha value is -3.07. The predicted molar refractivity (Wildman–Crippen MR) is 96.7 cm³/mol. The van der Waals surface area contributed by atoms with Crippen LogP contribution in [-0.2, 0) is 12.1 Å². The summed E-state index contributed by atoms with van der Waals surface area (Å²) in [6.07, 6.45) is 0.189. The summed E-state index contributed by atoms with van der Waals surface area (Å²) in [5.74, 6) is -0.426. The Balaban J connectivity index is 1.86. The van der Waals surface area contributed by atoms with Crippen molar-refractivity contribution in [1.82, 2.24) is 0 Å². The van der Waals surface area contributed by atoms with Crippen LogP contribution < -0.4 is 0 Å². The predicted octanol–water partition coefficient (Wildman–Crippen LogP) is 4.74. The molecule has 0 N–H and O–H groups in total. The van der Waals surface area contributed by atoms with Gasteiger partial charge in [0, 0.05) is 17.5 Å². The van der Waals surface area contributed by atoms with E-state index < -0.39 is 11.6 Å². The Morgan fingerprint density at radius 1 is 0.840 bits per heavy atom. The van der Waals surface area contributed by atoms with Crippen molar-refractivity contribution in [2.75, 3.05) is 0 Å². The molecular weight excluding hydrogens is 313 g/mol. The standard InChI is InChI=1S/C22H16FNO/c23-22(18-12-5-2-6-13-18)15-17-11-7-8-14-19(17)20(22)24-21(25)16-9-3-1-4-10-16/h1-14H,15H2/b24-20-. The molecule has 0 radical (unpaired) electrons. The van der Waals surface area contributed by atoms with Crippen molar-refractivity contribution >= 4 is 11.6 Å². The summed E-state index contributed by atoms with van der Waals surface area (Å²) in [4.78, 5) is 16.8.